The largest absolute Gasteiger partial charge is 0.469 e. The molecule has 2 aliphatic rings. The van der Waals surface area contributed by atoms with Crippen LogP contribution in [-0.2, 0) is 9.53 Å². The van der Waals surface area contributed by atoms with Crippen molar-refractivity contribution in [2.75, 3.05) is 38.2 Å². The number of piperazine rings is 1. The van der Waals surface area contributed by atoms with E-state index in [1.54, 1.807) is 35.9 Å². The number of pyridine rings is 1. The van der Waals surface area contributed by atoms with Crippen molar-refractivity contribution >= 4 is 34.6 Å². The van der Waals surface area contributed by atoms with Gasteiger partial charge in [0.1, 0.15) is 16.9 Å². The topological polar surface area (TPSA) is 106 Å². The van der Waals surface area contributed by atoms with E-state index in [2.05, 4.69) is 58.2 Å². The second-order valence-corrected chi connectivity index (χ2v) is 11.4. The molecular weight excluding hydrogens is 538 g/mol. The number of aliphatic imine (C=N–C) groups is 1. The Morgan fingerprint density at radius 1 is 0.976 bits per heavy atom. The van der Waals surface area contributed by atoms with Gasteiger partial charge >= 0.3 is 5.97 Å². The lowest BCUT2D eigenvalue weighted by atomic mass is 9.99. The van der Waals surface area contributed by atoms with Crippen LogP contribution in [0.4, 0.5) is 5.69 Å². The van der Waals surface area contributed by atoms with E-state index < -0.39 is 6.04 Å². The van der Waals surface area contributed by atoms with Crippen LogP contribution in [0.15, 0.2) is 53.8 Å². The van der Waals surface area contributed by atoms with Crippen LogP contribution >= 0.6 is 11.3 Å². The number of esters is 1. The first-order valence-corrected chi connectivity index (χ1v) is 14.4. The highest BCUT2D eigenvalue weighted by Gasteiger charge is 2.32. The Labute approximate surface area is 242 Å². The van der Waals surface area contributed by atoms with Crippen LogP contribution in [0.5, 0.6) is 0 Å². The van der Waals surface area contributed by atoms with Crippen molar-refractivity contribution < 1.29 is 14.3 Å². The van der Waals surface area contributed by atoms with Gasteiger partial charge in [-0.15, -0.1) is 21.5 Å². The minimum Gasteiger partial charge on any atom is -0.469 e. The summed E-state index contributed by atoms with van der Waals surface area (Å²) in [6, 6.07) is 11.4. The first-order valence-electron chi connectivity index (χ1n) is 13.6. The molecule has 0 N–H and O–H groups in total. The van der Waals surface area contributed by atoms with Gasteiger partial charge in [0.2, 0.25) is 0 Å². The highest BCUT2D eigenvalue weighted by atomic mass is 32.1. The molecular formula is C30H31N7O3S. The average Bonchev–Trinajstić information content (AvgIpc) is 3.49. The van der Waals surface area contributed by atoms with Gasteiger partial charge < -0.3 is 14.5 Å². The van der Waals surface area contributed by atoms with Crippen LogP contribution in [0.25, 0.3) is 5.00 Å². The predicted molar refractivity (Wildman–Crippen MR) is 157 cm³/mol. The number of thiophene rings is 1. The molecule has 10 nitrogen and oxygen atoms in total. The summed E-state index contributed by atoms with van der Waals surface area (Å²) in [6.45, 7) is 8.95. The van der Waals surface area contributed by atoms with Gasteiger partial charge in [-0.3, -0.25) is 24.1 Å². The normalized spacial score (nSPS) is 16.5. The Morgan fingerprint density at radius 2 is 1.68 bits per heavy atom. The van der Waals surface area contributed by atoms with Crippen molar-refractivity contribution in [2.24, 2.45) is 4.99 Å². The minimum atomic E-state index is -0.524. The third kappa shape index (κ3) is 4.90. The summed E-state index contributed by atoms with van der Waals surface area (Å²) in [5.41, 5.74) is 5.75. The molecule has 1 fully saturated rings. The van der Waals surface area contributed by atoms with Crippen LogP contribution in [0.1, 0.15) is 56.0 Å². The summed E-state index contributed by atoms with van der Waals surface area (Å²) in [5, 5.41) is 9.77. The van der Waals surface area contributed by atoms with Gasteiger partial charge in [-0.25, -0.2) is 0 Å². The van der Waals surface area contributed by atoms with E-state index in [-0.39, 0.29) is 18.3 Å². The highest BCUT2D eigenvalue weighted by Crippen LogP contribution is 2.39. The summed E-state index contributed by atoms with van der Waals surface area (Å²) in [4.78, 5) is 39.8. The Hall–Kier alpha value is -4.38. The number of methoxy groups -OCH3 is 1. The quantitative estimate of drug-likeness (QED) is 0.334. The molecule has 2 aliphatic heterocycles. The molecule has 0 bridgehead atoms. The highest BCUT2D eigenvalue weighted by molar-refractivity contribution is 7.15. The second-order valence-electron chi connectivity index (χ2n) is 10.2. The fourth-order valence-corrected chi connectivity index (χ4v) is 6.65. The standard InChI is InChI=1S/C30H31N7O3S/c1-18-19(2)41-30-26(18)27(32-24(17-25(38)40-4)28-34-33-20(3)37(28)30)21-5-7-23(8-6-21)35-13-15-36(16-14-35)29(39)22-9-11-31-12-10-22/h5-12,24H,13-17H2,1-4H3/t24-/m0/s1. The minimum absolute atomic E-state index is 0.0397. The Morgan fingerprint density at radius 3 is 2.37 bits per heavy atom. The Balaban J connectivity index is 1.29. The summed E-state index contributed by atoms with van der Waals surface area (Å²) in [6.07, 6.45) is 3.37. The summed E-state index contributed by atoms with van der Waals surface area (Å²) >= 11 is 1.69. The zero-order valence-corrected chi connectivity index (χ0v) is 24.3. The number of rotatable bonds is 5. The third-order valence-corrected chi connectivity index (χ3v) is 9.02. The van der Waals surface area contributed by atoms with Gasteiger partial charge in [-0.1, -0.05) is 12.1 Å². The number of amides is 1. The lowest BCUT2D eigenvalue weighted by molar-refractivity contribution is -0.141. The molecule has 0 aliphatic carbocycles. The molecule has 1 aromatic carbocycles. The van der Waals surface area contributed by atoms with Crippen LogP contribution in [0.2, 0.25) is 0 Å². The van der Waals surface area contributed by atoms with Gasteiger partial charge in [0.15, 0.2) is 5.82 Å². The van der Waals surface area contributed by atoms with E-state index in [9.17, 15) is 9.59 Å². The van der Waals surface area contributed by atoms with E-state index >= 15 is 0 Å². The van der Waals surface area contributed by atoms with Crippen molar-refractivity contribution in [2.45, 2.75) is 33.2 Å². The lowest BCUT2D eigenvalue weighted by Gasteiger charge is -2.36. The number of aryl methyl sites for hydroxylation is 2. The molecule has 0 unspecified atom stereocenters. The molecule has 0 saturated carbocycles. The number of carbonyl (C=O) groups excluding carboxylic acids is 2. The van der Waals surface area contributed by atoms with E-state index in [0.29, 0.717) is 24.5 Å². The molecule has 0 spiro atoms. The van der Waals surface area contributed by atoms with Crippen molar-refractivity contribution in [1.29, 1.82) is 0 Å². The van der Waals surface area contributed by atoms with Gasteiger partial charge in [-0.2, -0.15) is 0 Å². The van der Waals surface area contributed by atoms with E-state index in [1.165, 1.54) is 12.0 Å². The number of carbonyl (C=O) groups is 2. The third-order valence-electron chi connectivity index (χ3n) is 7.83. The van der Waals surface area contributed by atoms with Crippen LogP contribution in [-0.4, -0.2) is 75.5 Å². The summed E-state index contributed by atoms with van der Waals surface area (Å²) in [7, 11) is 1.39. The van der Waals surface area contributed by atoms with E-state index in [4.69, 9.17) is 9.73 Å². The lowest BCUT2D eigenvalue weighted by Crippen LogP contribution is -2.48. The molecule has 5 heterocycles. The number of ether oxygens (including phenoxy) is 1. The molecule has 210 valence electrons. The summed E-state index contributed by atoms with van der Waals surface area (Å²) < 4.78 is 7.03. The summed E-state index contributed by atoms with van der Waals surface area (Å²) in [5.74, 6) is 1.09. The monoisotopic (exact) mass is 569 g/mol. The smallest absolute Gasteiger partial charge is 0.308 e. The molecule has 6 rings (SSSR count). The average molecular weight is 570 g/mol. The number of hydrogen-bond donors (Lipinski definition) is 0. The molecule has 1 saturated heterocycles. The van der Waals surface area contributed by atoms with Crippen molar-refractivity contribution in [3.8, 4) is 5.00 Å². The molecule has 0 radical (unpaired) electrons. The number of fused-ring (bicyclic) bond motifs is 3. The molecule has 11 heteroatoms. The molecule has 3 aromatic heterocycles. The molecule has 1 amide bonds. The Kier molecular flexibility index (Phi) is 7.12. The maximum absolute atomic E-state index is 12.8. The van der Waals surface area contributed by atoms with Crippen molar-refractivity contribution in [1.82, 2.24) is 24.6 Å². The number of anilines is 1. The first-order chi connectivity index (χ1) is 19.9. The Bertz CT molecular complexity index is 1630. The number of aromatic nitrogens is 4. The van der Waals surface area contributed by atoms with Crippen LogP contribution < -0.4 is 4.90 Å². The number of benzene rings is 1. The maximum atomic E-state index is 12.8. The van der Waals surface area contributed by atoms with Crippen molar-refractivity contribution in [3.05, 3.63) is 87.6 Å². The van der Waals surface area contributed by atoms with Crippen LogP contribution in [0, 0.1) is 20.8 Å². The molecule has 1 atom stereocenters. The SMILES string of the molecule is COC(=O)C[C@@H]1N=C(c2ccc(N3CCN(C(=O)c4ccncc4)CC3)cc2)c2c(sc(C)c2C)-n2c(C)nnc21. The number of hydrogen-bond acceptors (Lipinski definition) is 9. The maximum Gasteiger partial charge on any atom is 0.308 e. The fraction of sp³-hybridized carbons (Fsp3) is 0.333. The molecule has 4 aromatic rings. The zero-order valence-electron chi connectivity index (χ0n) is 23.5. The van der Waals surface area contributed by atoms with E-state index in [1.807, 2.05) is 16.4 Å². The second kappa shape index (κ2) is 10.9. The van der Waals surface area contributed by atoms with Gasteiger partial charge in [0, 0.05) is 65.8 Å². The number of nitrogens with zero attached hydrogens (tertiary/aromatic N) is 7. The van der Waals surface area contributed by atoms with Crippen molar-refractivity contribution in [3.63, 3.8) is 0 Å². The van der Waals surface area contributed by atoms with E-state index in [0.717, 1.165) is 52.0 Å². The zero-order chi connectivity index (χ0) is 28.7. The molecule has 41 heavy (non-hydrogen) atoms. The first kappa shape index (κ1) is 26.8. The fourth-order valence-electron chi connectivity index (χ4n) is 5.44. The predicted octanol–water partition coefficient (Wildman–Crippen LogP) is 4.07. The van der Waals surface area contributed by atoms with Gasteiger partial charge in [-0.05, 0) is 50.6 Å². The van der Waals surface area contributed by atoms with Crippen LogP contribution in [0.3, 0.4) is 0 Å². The van der Waals surface area contributed by atoms with Gasteiger partial charge in [0.25, 0.3) is 5.91 Å². The van der Waals surface area contributed by atoms with Gasteiger partial charge in [0.05, 0.1) is 19.2 Å².